The van der Waals surface area contributed by atoms with Crippen LogP contribution < -0.4 is 11.1 Å². The SMILES string of the molecule is NC[C@@H]1CN(Cc2ccc3c(c2)CN(C2CCC(=O)NC2=O)C3=O)CCO1. The van der Waals surface area contributed by atoms with Crippen LogP contribution in [0.2, 0.25) is 0 Å². The number of carbonyl (C=O) groups is 3. The Morgan fingerprint density at radius 1 is 1.26 bits per heavy atom. The lowest BCUT2D eigenvalue weighted by molar-refractivity contribution is -0.136. The molecule has 1 aromatic rings. The zero-order valence-corrected chi connectivity index (χ0v) is 15.1. The van der Waals surface area contributed by atoms with Crippen LogP contribution in [-0.4, -0.2) is 65.9 Å². The predicted octanol–water partition coefficient (Wildman–Crippen LogP) is -0.393. The largest absolute Gasteiger partial charge is 0.374 e. The number of imide groups is 1. The van der Waals surface area contributed by atoms with E-state index in [4.69, 9.17) is 10.5 Å². The van der Waals surface area contributed by atoms with Crippen LogP contribution in [0.25, 0.3) is 0 Å². The van der Waals surface area contributed by atoms with Crippen LogP contribution in [-0.2, 0) is 27.4 Å². The molecule has 0 aromatic heterocycles. The van der Waals surface area contributed by atoms with E-state index < -0.39 is 6.04 Å². The molecule has 1 aromatic carbocycles. The van der Waals surface area contributed by atoms with Gasteiger partial charge in [0, 0.05) is 44.7 Å². The number of piperidine rings is 1. The van der Waals surface area contributed by atoms with Gasteiger partial charge in [-0.25, -0.2) is 0 Å². The summed E-state index contributed by atoms with van der Waals surface area (Å²) >= 11 is 0. The van der Waals surface area contributed by atoms with Gasteiger partial charge in [-0.05, 0) is 23.6 Å². The Kier molecular flexibility index (Phi) is 4.94. The molecule has 3 aliphatic heterocycles. The maximum Gasteiger partial charge on any atom is 0.255 e. The van der Waals surface area contributed by atoms with E-state index in [9.17, 15) is 14.4 Å². The molecule has 4 rings (SSSR count). The number of nitrogens with two attached hydrogens (primary N) is 1. The molecule has 0 bridgehead atoms. The molecule has 3 heterocycles. The van der Waals surface area contributed by atoms with E-state index in [-0.39, 0.29) is 30.2 Å². The molecular weight excluding hydrogens is 348 g/mol. The number of hydrogen-bond donors (Lipinski definition) is 2. The van der Waals surface area contributed by atoms with E-state index in [1.807, 2.05) is 18.2 Å². The lowest BCUT2D eigenvalue weighted by Gasteiger charge is -2.32. The van der Waals surface area contributed by atoms with Crippen LogP contribution in [0.4, 0.5) is 0 Å². The number of amides is 3. The first kappa shape index (κ1) is 18.1. The summed E-state index contributed by atoms with van der Waals surface area (Å²) in [4.78, 5) is 40.1. The lowest BCUT2D eigenvalue weighted by Crippen LogP contribution is -2.52. The fourth-order valence-electron chi connectivity index (χ4n) is 4.05. The molecule has 0 radical (unpaired) electrons. The van der Waals surface area contributed by atoms with Crippen molar-refractivity contribution in [3.05, 3.63) is 34.9 Å². The second-order valence-electron chi connectivity index (χ2n) is 7.36. The van der Waals surface area contributed by atoms with E-state index in [0.717, 1.165) is 30.8 Å². The Morgan fingerprint density at radius 2 is 2.11 bits per heavy atom. The highest BCUT2D eigenvalue weighted by atomic mass is 16.5. The quantitative estimate of drug-likeness (QED) is 0.698. The molecular formula is C19H24N4O4. The summed E-state index contributed by atoms with van der Waals surface area (Å²) in [5, 5.41) is 2.33. The van der Waals surface area contributed by atoms with Gasteiger partial charge in [0.2, 0.25) is 11.8 Å². The third kappa shape index (κ3) is 3.60. The number of hydrogen-bond acceptors (Lipinski definition) is 6. The number of nitrogens with zero attached hydrogens (tertiary/aromatic N) is 2. The molecule has 3 amide bonds. The van der Waals surface area contributed by atoms with Crippen molar-refractivity contribution >= 4 is 17.7 Å². The van der Waals surface area contributed by atoms with Crippen molar-refractivity contribution in [2.45, 2.75) is 38.1 Å². The van der Waals surface area contributed by atoms with Gasteiger partial charge in [-0.2, -0.15) is 0 Å². The Hall–Kier alpha value is -2.29. The minimum absolute atomic E-state index is 0.0674. The van der Waals surface area contributed by atoms with Crippen molar-refractivity contribution in [2.75, 3.05) is 26.2 Å². The van der Waals surface area contributed by atoms with E-state index in [0.29, 0.717) is 31.7 Å². The molecule has 0 spiro atoms. The number of nitrogens with one attached hydrogen (secondary N) is 1. The molecule has 3 aliphatic rings. The highest BCUT2D eigenvalue weighted by molar-refractivity contribution is 6.05. The van der Waals surface area contributed by atoms with Gasteiger partial charge in [0.05, 0.1) is 12.7 Å². The van der Waals surface area contributed by atoms with Crippen LogP contribution in [0.1, 0.15) is 34.3 Å². The number of ether oxygens (including phenoxy) is 1. The number of fused-ring (bicyclic) bond motifs is 1. The van der Waals surface area contributed by atoms with E-state index >= 15 is 0 Å². The van der Waals surface area contributed by atoms with Gasteiger partial charge in [-0.15, -0.1) is 0 Å². The Labute approximate surface area is 157 Å². The van der Waals surface area contributed by atoms with Crippen LogP contribution in [0.5, 0.6) is 0 Å². The molecule has 8 nitrogen and oxygen atoms in total. The third-order valence-electron chi connectivity index (χ3n) is 5.48. The van der Waals surface area contributed by atoms with E-state index in [1.165, 1.54) is 0 Å². The van der Waals surface area contributed by atoms with Gasteiger partial charge in [0.25, 0.3) is 5.91 Å². The molecule has 8 heteroatoms. The summed E-state index contributed by atoms with van der Waals surface area (Å²) in [5.74, 6) is -0.793. The number of rotatable bonds is 4. The minimum Gasteiger partial charge on any atom is -0.374 e. The normalized spacial score (nSPS) is 26.3. The van der Waals surface area contributed by atoms with Gasteiger partial charge in [0.15, 0.2) is 0 Å². The number of carbonyl (C=O) groups excluding carboxylic acids is 3. The van der Waals surface area contributed by atoms with Crippen LogP contribution >= 0.6 is 0 Å². The second-order valence-corrected chi connectivity index (χ2v) is 7.36. The van der Waals surface area contributed by atoms with Crippen LogP contribution in [0.3, 0.4) is 0 Å². The highest BCUT2D eigenvalue weighted by Gasteiger charge is 2.39. The molecule has 27 heavy (non-hydrogen) atoms. The molecule has 2 saturated heterocycles. The molecule has 3 N–H and O–H groups in total. The zero-order valence-electron chi connectivity index (χ0n) is 15.1. The second kappa shape index (κ2) is 7.38. The maximum atomic E-state index is 12.7. The summed E-state index contributed by atoms with van der Waals surface area (Å²) < 4.78 is 5.60. The fourth-order valence-corrected chi connectivity index (χ4v) is 4.05. The predicted molar refractivity (Wildman–Crippen MR) is 96.6 cm³/mol. The molecule has 0 aliphatic carbocycles. The standard InChI is InChI=1S/C19H24N4O4/c20-8-14-11-22(5-6-27-14)9-12-1-2-15-13(7-12)10-23(19(15)26)16-3-4-17(24)21-18(16)25/h1-2,7,14,16H,3-6,8-11,20H2,(H,21,24,25)/t14-,16?/m1/s1. The average Bonchev–Trinajstić information content (AvgIpc) is 2.98. The van der Waals surface area contributed by atoms with Crippen molar-refractivity contribution in [1.29, 1.82) is 0 Å². The summed E-state index contributed by atoms with van der Waals surface area (Å²) in [6, 6.07) is 5.29. The van der Waals surface area contributed by atoms with Gasteiger partial charge >= 0.3 is 0 Å². The fraction of sp³-hybridized carbons (Fsp3) is 0.526. The van der Waals surface area contributed by atoms with Crippen molar-refractivity contribution < 1.29 is 19.1 Å². The molecule has 144 valence electrons. The lowest BCUT2D eigenvalue weighted by atomic mass is 10.0. The Morgan fingerprint density at radius 3 is 2.89 bits per heavy atom. The first-order valence-electron chi connectivity index (χ1n) is 9.35. The Bertz CT molecular complexity index is 781. The highest BCUT2D eigenvalue weighted by Crippen LogP contribution is 2.28. The minimum atomic E-state index is -0.574. The van der Waals surface area contributed by atoms with E-state index in [2.05, 4.69) is 10.2 Å². The van der Waals surface area contributed by atoms with Gasteiger partial charge < -0.3 is 15.4 Å². The summed E-state index contributed by atoms with van der Waals surface area (Å²) in [6.07, 6.45) is 0.713. The van der Waals surface area contributed by atoms with E-state index in [1.54, 1.807) is 4.90 Å². The first-order valence-corrected chi connectivity index (χ1v) is 9.35. The smallest absolute Gasteiger partial charge is 0.255 e. The number of benzene rings is 1. The van der Waals surface area contributed by atoms with Crippen LogP contribution in [0.15, 0.2) is 18.2 Å². The van der Waals surface area contributed by atoms with Crippen molar-refractivity contribution in [2.24, 2.45) is 5.73 Å². The average molecular weight is 372 g/mol. The van der Waals surface area contributed by atoms with Gasteiger partial charge in [-0.1, -0.05) is 12.1 Å². The van der Waals surface area contributed by atoms with Gasteiger partial charge in [0.1, 0.15) is 6.04 Å². The topological polar surface area (TPSA) is 105 Å². The monoisotopic (exact) mass is 372 g/mol. The van der Waals surface area contributed by atoms with Gasteiger partial charge in [-0.3, -0.25) is 24.6 Å². The van der Waals surface area contributed by atoms with Crippen molar-refractivity contribution in [1.82, 2.24) is 15.1 Å². The molecule has 1 unspecified atom stereocenters. The van der Waals surface area contributed by atoms with Crippen molar-refractivity contribution in [3.63, 3.8) is 0 Å². The Balaban J connectivity index is 1.46. The molecule has 2 fully saturated rings. The van der Waals surface area contributed by atoms with Crippen molar-refractivity contribution in [3.8, 4) is 0 Å². The third-order valence-corrected chi connectivity index (χ3v) is 5.48. The summed E-state index contributed by atoms with van der Waals surface area (Å²) in [5.41, 5.74) is 8.41. The van der Waals surface area contributed by atoms with Crippen LogP contribution in [0, 0.1) is 0 Å². The first-order chi connectivity index (χ1) is 13.0. The summed E-state index contributed by atoms with van der Waals surface area (Å²) in [6.45, 7) is 4.02. The maximum absolute atomic E-state index is 12.7. The zero-order chi connectivity index (χ0) is 19.0. The molecule has 0 saturated carbocycles. The summed E-state index contributed by atoms with van der Waals surface area (Å²) in [7, 11) is 0. The molecule has 2 atom stereocenters. The number of morpholine rings is 1.